The molecule has 0 aromatic rings. The lowest BCUT2D eigenvalue weighted by Crippen LogP contribution is -2.40. The van der Waals surface area contributed by atoms with Gasteiger partial charge in [0.1, 0.15) is 0 Å². The van der Waals surface area contributed by atoms with E-state index in [0.717, 1.165) is 16.7 Å². The molecule has 0 unspecified atom stereocenters. The summed E-state index contributed by atoms with van der Waals surface area (Å²) in [6.07, 6.45) is 5.66. The molecule has 1 saturated heterocycles. The maximum absolute atomic E-state index is 3.73. The van der Waals surface area contributed by atoms with E-state index in [1.807, 2.05) is 0 Å². The number of fused-ring (bicyclic) bond motifs is 1. The summed E-state index contributed by atoms with van der Waals surface area (Å²) in [5.41, 5.74) is 0. The van der Waals surface area contributed by atoms with E-state index < -0.39 is 0 Å². The highest BCUT2D eigenvalue weighted by Gasteiger charge is 2.30. The first-order valence-electron chi connectivity index (χ1n) is 4.71. The smallest absolute Gasteiger partial charge is 0.0148 e. The highest BCUT2D eigenvalue weighted by Crippen LogP contribution is 2.36. The van der Waals surface area contributed by atoms with Gasteiger partial charge in [-0.2, -0.15) is 0 Å². The highest BCUT2D eigenvalue weighted by atomic mass is 79.9. The molecule has 2 fully saturated rings. The average Bonchev–Trinajstić information content (AvgIpc) is 2.04. The summed E-state index contributed by atoms with van der Waals surface area (Å²) in [5, 5.41) is 3.48. The van der Waals surface area contributed by atoms with Crippen LogP contribution < -0.4 is 5.32 Å². The van der Waals surface area contributed by atoms with E-state index in [1.54, 1.807) is 0 Å². The molecule has 3 atom stereocenters. The summed E-state index contributed by atoms with van der Waals surface area (Å²) in [7, 11) is 0. The van der Waals surface area contributed by atoms with Gasteiger partial charge in [0, 0.05) is 4.83 Å². The van der Waals surface area contributed by atoms with Crippen LogP contribution in [0.25, 0.3) is 0 Å². The molecule has 64 valence electrons. The molecule has 0 spiro atoms. The standard InChI is InChI=1S/C9H16BrN/c10-9-2-1-8-6-11-4-3-7(8)5-9/h7-9,11H,1-6H2/t7-,8+,9-/m0/s1. The minimum absolute atomic E-state index is 0.821. The van der Waals surface area contributed by atoms with Crippen LogP contribution in [0.2, 0.25) is 0 Å². The van der Waals surface area contributed by atoms with Crippen LogP contribution in [-0.4, -0.2) is 17.9 Å². The molecule has 2 aliphatic rings. The second-order valence-corrected chi connectivity index (χ2v) is 5.22. The summed E-state index contributed by atoms with van der Waals surface area (Å²) in [4.78, 5) is 0.821. The maximum Gasteiger partial charge on any atom is 0.0148 e. The van der Waals surface area contributed by atoms with Crippen molar-refractivity contribution in [3.05, 3.63) is 0 Å². The van der Waals surface area contributed by atoms with Gasteiger partial charge in [0.05, 0.1) is 0 Å². The fraction of sp³-hybridized carbons (Fsp3) is 1.00. The number of nitrogens with one attached hydrogen (secondary N) is 1. The third-order valence-corrected chi connectivity index (χ3v) is 4.01. The van der Waals surface area contributed by atoms with Crippen molar-refractivity contribution >= 4 is 15.9 Å². The molecule has 0 radical (unpaired) electrons. The SMILES string of the molecule is Br[C@H]1CC[C@@H]2CNCC[C@H]2C1. The maximum atomic E-state index is 3.73. The molecule has 0 aromatic heterocycles. The molecular formula is C9H16BrN. The van der Waals surface area contributed by atoms with E-state index in [2.05, 4.69) is 21.2 Å². The molecule has 0 amide bonds. The first-order valence-corrected chi connectivity index (χ1v) is 5.62. The summed E-state index contributed by atoms with van der Waals surface area (Å²) >= 11 is 3.73. The number of piperidine rings is 1. The van der Waals surface area contributed by atoms with Crippen LogP contribution in [0.15, 0.2) is 0 Å². The van der Waals surface area contributed by atoms with Crippen molar-refractivity contribution in [3.63, 3.8) is 0 Å². The van der Waals surface area contributed by atoms with Crippen molar-refractivity contribution in [1.82, 2.24) is 5.32 Å². The Balaban J connectivity index is 1.93. The van der Waals surface area contributed by atoms with E-state index in [-0.39, 0.29) is 0 Å². The van der Waals surface area contributed by atoms with Crippen molar-refractivity contribution in [2.75, 3.05) is 13.1 Å². The second-order valence-electron chi connectivity index (χ2n) is 3.92. The molecule has 11 heavy (non-hydrogen) atoms. The zero-order chi connectivity index (χ0) is 7.68. The third-order valence-electron chi connectivity index (χ3n) is 3.17. The van der Waals surface area contributed by atoms with Crippen LogP contribution in [-0.2, 0) is 0 Å². The molecule has 1 saturated carbocycles. The van der Waals surface area contributed by atoms with Gasteiger partial charge >= 0.3 is 0 Å². The van der Waals surface area contributed by atoms with E-state index in [4.69, 9.17) is 0 Å². The van der Waals surface area contributed by atoms with Crippen LogP contribution in [0, 0.1) is 11.8 Å². The van der Waals surface area contributed by atoms with Gasteiger partial charge < -0.3 is 5.32 Å². The largest absolute Gasteiger partial charge is 0.316 e. The molecule has 2 rings (SSSR count). The third kappa shape index (κ3) is 1.78. The Kier molecular flexibility index (Phi) is 2.52. The molecule has 1 nitrogen and oxygen atoms in total. The number of halogens is 1. The van der Waals surface area contributed by atoms with Gasteiger partial charge in [0.15, 0.2) is 0 Å². The number of rotatable bonds is 0. The van der Waals surface area contributed by atoms with Crippen LogP contribution in [0.3, 0.4) is 0 Å². The topological polar surface area (TPSA) is 12.0 Å². The van der Waals surface area contributed by atoms with Crippen molar-refractivity contribution < 1.29 is 0 Å². The Morgan fingerprint density at radius 1 is 1.09 bits per heavy atom. The van der Waals surface area contributed by atoms with E-state index in [9.17, 15) is 0 Å². The van der Waals surface area contributed by atoms with Gasteiger partial charge in [-0.05, 0) is 50.6 Å². The number of alkyl halides is 1. The lowest BCUT2D eigenvalue weighted by atomic mass is 9.76. The van der Waals surface area contributed by atoms with E-state index in [1.165, 1.54) is 38.8 Å². The van der Waals surface area contributed by atoms with Crippen LogP contribution in [0.4, 0.5) is 0 Å². The van der Waals surface area contributed by atoms with Gasteiger partial charge in [0.25, 0.3) is 0 Å². The van der Waals surface area contributed by atoms with E-state index >= 15 is 0 Å². The first-order chi connectivity index (χ1) is 5.36. The van der Waals surface area contributed by atoms with Crippen LogP contribution in [0.1, 0.15) is 25.7 Å². The zero-order valence-corrected chi connectivity index (χ0v) is 8.44. The second kappa shape index (κ2) is 3.44. The lowest BCUT2D eigenvalue weighted by molar-refractivity contribution is 0.191. The molecule has 0 aromatic carbocycles. The van der Waals surface area contributed by atoms with Crippen molar-refractivity contribution in [2.45, 2.75) is 30.5 Å². The molecule has 2 heteroatoms. The van der Waals surface area contributed by atoms with Crippen molar-refractivity contribution in [1.29, 1.82) is 0 Å². The predicted molar refractivity (Wildman–Crippen MR) is 51.0 cm³/mol. The Bertz CT molecular complexity index is 138. The Hall–Kier alpha value is 0.440. The van der Waals surface area contributed by atoms with Gasteiger partial charge in [0.2, 0.25) is 0 Å². The average molecular weight is 218 g/mol. The Morgan fingerprint density at radius 2 is 2.00 bits per heavy atom. The quantitative estimate of drug-likeness (QED) is 0.614. The summed E-state index contributed by atoms with van der Waals surface area (Å²) in [5.74, 6) is 2.02. The summed E-state index contributed by atoms with van der Waals surface area (Å²) in [6, 6.07) is 0. The summed E-state index contributed by atoms with van der Waals surface area (Å²) in [6.45, 7) is 2.53. The first kappa shape index (κ1) is 8.06. The van der Waals surface area contributed by atoms with Gasteiger partial charge in [-0.3, -0.25) is 0 Å². The van der Waals surface area contributed by atoms with Crippen LogP contribution in [0.5, 0.6) is 0 Å². The highest BCUT2D eigenvalue weighted by molar-refractivity contribution is 9.09. The molecule has 0 bridgehead atoms. The molecule has 1 aliphatic carbocycles. The summed E-state index contributed by atoms with van der Waals surface area (Å²) < 4.78 is 0. The van der Waals surface area contributed by atoms with Crippen molar-refractivity contribution in [3.8, 4) is 0 Å². The van der Waals surface area contributed by atoms with Gasteiger partial charge in [-0.15, -0.1) is 0 Å². The molecule has 1 heterocycles. The minimum Gasteiger partial charge on any atom is -0.316 e. The van der Waals surface area contributed by atoms with Gasteiger partial charge in [-0.1, -0.05) is 15.9 Å². The number of hydrogen-bond donors (Lipinski definition) is 1. The zero-order valence-electron chi connectivity index (χ0n) is 6.85. The number of hydrogen-bond acceptors (Lipinski definition) is 1. The van der Waals surface area contributed by atoms with Crippen molar-refractivity contribution in [2.24, 2.45) is 11.8 Å². The lowest BCUT2D eigenvalue weighted by Gasteiger charge is -2.37. The minimum atomic E-state index is 0.821. The normalized spacial score (nSPS) is 45.0. The predicted octanol–water partition coefficient (Wildman–Crippen LogP) is 2.16. The van der Waals surface area contributed by atoms with Crippen LogP contribution >= 0.6 is 15.9 Å². The molecule has 1 aliphatic heterocycles. The van der Waals surface area contributed by atoms with E-state index in [0.29, 0.717) is 0 Å². The monoisotopic (exact) mass is 217 g/mol. The van der Waals surface area contributed by atoms with Gasteiger partial charge in [-0.25, -0.2) is 0 Å². The Morgan fingerprint density at radius 3 is 2.91 bits per heavy atom. The molecular weight excluding hydrogens is 202 g/mol. The Labute approximate surface area is 77.1 Å². The fourth-order valence-electron chi connectivity index (χ4n) is 2.47. The fourth-order valence-corrected chi connectivity index (χ4v) is 3.21. The molecule has 1 N–H and O–H groups in total.